The van der Waals surface area contributed by atoms with E-state index in [-0.39, 0.29) is 24.3 Å². The van der Waals surface area contributed by atoms with Gasteiger partial charge in [-0.1, -0.05) is 0 Å². The number of aromatic nitrogens is 7. The zero-order valence-electron chi connectivity index (χ0n) is 17.3. The Hall–Kier alpha value is -3.70. The molecule has 5 heterocycles. The smallest absolute Gasteiger partial charge is 0.293 e. The highest BCUT2D eigenvalue weighted by molar-refractivity contribution is 6.09. The Bertz CT molecular complexity index is 1320. The van der Waals surface area contributed by atoms with Crippen LogP contribution in [0.5, 0.6) is 0 Å². The maximum atomic E-state index is 13.4. The second kappa shape index (κ2) is 7.18. The molecule has 0 aromatic carbocycles. The molecule has 5 rings (SSSR count). The summed E-state index contributed by atoms with van der Waals surface area (Å²) in [6.07, 6.45) is 1.24. The SMILES string of the molecule is CCn1ncc(-c2ccnc3c(C(=O)N4CC[C@@H](C(F)(F)F)n5nccc54)cnn23)c1C. The van der Waals surface area contributed by atoms with Gasteiger partial charge >= 0.3 is 6.18 Å². The van der Waals surface area contributed by atoms with E-state index >= 15 is 0 Å². The molecule has 0 spiro atoms. The largest absolute Gasteiger partial charge is 0.410 e. The van der Waals surface area contributed by atoms with E-state index in [4.69, 9.17) is 0 Å². The Labute approximate surface area is 180 Å². The first-order valence-corrected chi connectivity index (χ1v) is 10.1. The highest BCUT2D eigenvalue weighted by Crippen LogP contribution is 2.39. The van der Waals surface area contributed by atoms with Crippen LogP contribution in [-0.4, -0.2) is 52.8 Å². The zero-order valence-corrected chi connectivity index (χ0v) is 17.3. The van der Waals surface area contributed by atoms with Crippen molar-refractivity contribution in [2.24, 2.45) is 0 Å². The van der Waals surface area contributed by atoms with Crippen molar-refractivity contribution in [2.45, 2.75) is 39.0 Å². The molecule has 0 saturated heterocycles. The monoisotopic (exact) mass is 444 g/mol. The highest BCUT2D eigenvalue weighted by atomic mass is 19.4. The topological polar surface area (TPSA) is 86.1 Å². The lowest BCUT2D eigenvalue weighted by atomic mass is 10.1. The van der Waals surface area contributed by atoms with Gasteiger partial charge in [0, 0.05) is 36.6 Å². The molecular formula is C20H19F3N8O. The number of carbonyl (C=O) groups is 1. The molecule has 1 amide bonds. The van der Waals surface area contributed by atoms with Crippen molar-refractivity contribution in [3.63, 3.8) is 0 Å². The summed E-state index contributed by atoms with van der Waals surface area (Å²) in [6, 6.07) is 1.42. The van der Waals surface area contributed by atoms with Gasteiger partial charge in [-0.05, 0) is 26.3 Å². The van der Waals surface area contributed by atoms with E-state index in [0.29, 0.717) is 17.9 Å². The van der Waals surface area contributed by atoms with E-state index in [2.05, 4.69) is 20.3 Å². The second-order valence-corrected chi connectivity index (χ2v) is 7.52. The molecule has 32 heavy (non-hydrogen) atoms. The molecule has 166 valence electrons. The van der Waals surface area contributed by atoms with Gasteiger partial charge in [-0.25, -0.2) is 14.2 Å². The van der Waals surface area contributed by atoms with Gasteiger partial charge in [0.15, 0.2) is 11.7 Å². The third kappa shape index (κ3) is 2.97. The summed E-state index contributed by atoms with van der Waals surface area (Å²) in [5.74, 6) is -0.382. The average molecular weight is 444 g/mol. The van der Waals surface area contributed by atoms with E-state index < -0.39 is 18.1 Å². The third-order valence-corrected chi connectivity index (χ3v) is 5.78. The van der Waals surface area contributed by atoms with Crippen LogP contribution in [0.25, 0.3) is 16.9 Å². The van der Waals surface area contributed by atoms with Crippen LogP contribution < -0.4 is 4.90 Å². The van der Waals surface area contributed by atoms with Crippen molar-refractivity contribution in [3.8, 4) is 11.3 Å². The van der Waals surface area contributed by atoms with Crippen molar-refractivity contribution in [1.82, 2.24) is 34.2 Å². The summed E-state index contributed by atoms with van der Waals surface area (Å²) < 4.78 is 44.4. The number of nitrogens with zero attached hydrogens (tertiary/aromatic N) is 8. The molecule has 0 N–H and O–H groups in total. The van der Waals surface area contributed by atoms with Gasteiger partial charge in [0.1, 0.15) is 11.4 Å². The number of anilines is 1. The Morgan fingerprint density at radius 1 is 1.16 bits per heavy atom. The highest BCUT2D eigenvalue weighted by Gasteiger charge is 2.46. The number of alkyl halides is 3. The van der Waals surface area contributed by atoms with Crippen LogP contribution in [-0.2, 0) is 6.54 Å². The van der Waals surface area contributed by atoms with E-state index in [0.717, 1.165) is 15.9 Å². The van der Waals surface area contributed by atoms with Crippen LogP contribution in [0, 0.1) is 6.92 Å². The lowest BCUT2D eigenvalue weighted by Gasteiger charge is -2.33. The molecular weight excluding hydrogens is 425 g/mol. The number of hydrogen-bond acceptors (Lipinski definition) is 5. The number of hydrogen-bond donors (Lipinski definition) is 0. The van der Waals surface area contributed by atoms with Crippen molar-refractivity contribution >= 4 is 17.4 Å². The molecule has 1 atom stereocenters. The van der Waals surface area contributed by atoms with Crippen LogP contribution in [0.2, 0.25) is 0 Å². The Kier molecular flexibility index (Phi) is 4.53. The minimum Gasteiger partial charge on any atom is -0.293 e. The van der Waals surface area contributed by atoms with Gasteiger partial charge in [-0.3, -0.25) is 14.4 Å². The van der Waals surface area contributed by atoms with Crippen molar-refractivity contribution < 1.29 is 18.0 Å². The summed E-state index contributed by atoms with van der Waals surface area (Å²) >= 11 is 0. The molecule has 9 nitrogen and oxygen atoms in total. The van der Waals surface area contributed by atoms with Gasteiger partial charge in [-0.2, -0.15) is 28.5 Å². The van der Waals surface area contributed by atoms with Gasteiger partial charge in [0.05, 0.1) is 24.3 Å². The summed E-state index contributed by atoms with van der Waals surface area (Å²) in [5.41, 5.74) is 3.03. The molecule has 0 radical (unpaired) electrons. The van der Waals surface area contributed by atoms with Gasteiger partial charge in [0.2, 0.25) is 0 Å². The number of halogens is 3. The second-order valence-electron chi connectivity index (χ2n) is 7.52. The molecule has 0 aliphatic carbocycles. The maximum Gasteiger partial charge on any atom is 0.410 e. The lowest BCUT2D eigenvalue weighted by Crippen LogP contribution is -2.43. The third-order valence-electron chi connectivity index (χ3n) is 5.78. The molecule has 0 unspecified atom stereocenters. The van der Waals surface area contributed by atoms with E-state index in [1.165, 1.54) is 23.4 Å². The molecule has 1 aliphatic heterocycles. The number of carbonyl (C=O) groups excluding carboxylic acids is 1. The standard InChI is InChI=1S/C20H19F3N8O/c1-3-29-12(2)13(10-26-29)15-4-7-24-18-14(11-27-30(15)18)19(32)28-9-6-16(20(21,22)23)31-17(28)5-8-25-31/h4-5,7-8,10-11,16H,3,6,9H2,1-2H3/t16-/m0/s1. The van der Waals surface area contributed by atoms with Crippen molar-refractivity contribution in [2.75, 3.05) is 11.4 Å². The molecule has 0 saturated carbocycles. The van der Waals surface area contributed by atoms with Gasteiger partial charge < -0.3 is 0 Å². The molecule has 4 aromatic heterocycles. The van der Waals surface area contributed by atoms with E-state index in [9.17, 15) is 18.0 Å². The first kappa shape index (κ1) is 20.2. The quantitative estimate of drug-likeness (QED) is 0.484. The van der Waals surface area contributed by atoms with Crippen LogP contribution in [0.4, 0.5) is 19.0 Å². The summed E-state index contributed by atoms with van der Waals surface area (Å²) in [5, 5.41) is 12.5. The number of aryl methyl sites for hydroxylation is 1. The first-order valence-electron chi connectivity index (χ1n) is 10.1. The predicted octanol–water partition coefficient (Wildman–Crippen LogP) is 3.27. The van der Waals surface area contributed by atoms with E-state index in [1.807, 2.05) is 18.5 Å². The van der Waals surface area contributed by atoms with Crippen LogP contribution in [0.15, 0.2) is 36.9 Å². The number of rotatable bonds is 3. The fourth-order valence-electron chi connectivity index (χ4n) is 4.17. The molecule has 0 bridgehead atoms. The van der Waals surface area contributed by atoms with Crippen LogP contribution in [0.3, 0.4) is 0 Å². The Balaban J connectivity index is 1.55. The van der Waals surface area contributed by atoms with Crippen LogP contribution in [0.1, 0.15) is 35.4 Å². The normalized spacial score (nSPS) is 16.5. The minimum absolute atomic E-state index is 0.0892. The van der Waals surface area contributed by atoms with Gasteiger partial charge in [-0.15, -0.1) is 0 Å². The predicted molar refractivity (Wildman–Crippen MR) is 108 cm³/mol. The van der Waals surface area contributed by atoms with Crippen LogP contribution >= 0.6 is 0 Å². The molecule has 12 heteroatoms. The van der Waals surface area contributed by atoms with Gasteiger partial charge in [0.25, 0.3) is 5.91 Å². The van der Waals surface area contributed by atoms with Crippen molar-refractivity contribution in [1.29, 1.82) is 0 Å². The number of fused-ring (bicyclic) bond motifs is 2. The maximum absolute atomic E-state index is 13.4. The van der Waals surface area contributed by atoms with Crippen molar-refractivity contribution in [3.05, 3.63) is 48.2 Å². The Morgan fingerprint density at radius 3 is 2.69 bits per heavy atom. The summed E-state index contributed by atoms with van der Waals surface area (Å²) in [6.45, 7) is 4.56. The molecule has 0 fully saturated rings. The first-order chi connectivity index (χ1) is 15.3. The zero-order chi connectivity index (χ0) is 22.6. The Morgan fingerprint density at radius 2 is 1.97 bits per heavy atom. The summed E-state index contributed by atoms with van der Waals surface area (Å²) in [7, 11) is 0. The fraction of sp³-hybridized carbons (Fsp3) is 0.350. The lowest BCUT2D eigenvalue weighted by molar-refractivity contribution is -0.172. The fourth-order valence-corrected chi connectivity index (χ4v) is 4.17. The number of amides is 1. The van der Waals surface area contributed by atoms with E-state index in [1.54, 1.807) is 23.0 Å². The minimum atomic E-state index is -4.45. The molecule has 4 aromatic rings. The average Bonchev–Trinajstić information content (AvgIpc) is 3.49. The molecule has 1 aliphatic rings. The summed E-state index contributed by atoms with van der Waals surface area (Å²) in [4.78, 5) is 19.0.